The van der Waals surface area contributed by atoms with E-state index >= 15 is 0 Å². The van der Waals surface area contributed by atoms with Crippen LogP contribution in [0.1, 0.15) is 62.0 Å². The van der Waals surface area contributed by atoms with Gasteiger partial charge in [0.2, 0.25) is 5.91 Å². The van der Waals surface area contributed by atoms with Crippen LogP contribution in [-0.4, -0.2) is 54.3 Å². The van der Waals surface area contributed by atoms with E-state index in [1.54, 1.807) is 0 Å². The van der Waals surface area contributed by atoms with Crippen LogP contribution in [0.25, 0.3) is 0 Å². The highest BCUT2D eigenvalue weighted by molar-refractivity contribution is 5.79. The minimum absolute atomic E-state index is 0.0322. The SMILES string of the molecule is N#Cc1ccc2c(c1)[C@@H]1CN(CC[C@H]3CC[C@H](NC(=O)[C@H]4C[C@@H](O)C4)CC3)C[C@H]1CO2. The molecule has 1 amide bonds. The Hall–Kier alpha value is -2.10. The van der Waals surface area contributed by atoms with E-state index in [9.17, 15) is 15.2 Å². The van der Waals surface area contributed by atoms with Crippen molar-refractivity contribution >= 4 is 5.91 Å². The van der Waals surface area contributed by atoms with Gasteiger partial charge in [0, 0.05) is 42.4 Å². The number of ether oxygens (including phenoxy) is 1. The molecule has 2 atom stereocenters. The van der Waals surface area contributed by atoms with Crippen molar-refractivity contribution in [1.82, 2.24) is 10.2 Å². The molecule has 2 aliphatic carbocycles. The Morgan fingerprint density at radius 1 is 1.23 bits per heavy atom. The maximum atomic E-state index is 12.2. The van der Waals surface area contributed by atoms with Crippen molar-refractivity contribution in [3.63, 3.8) is 0 Å². The molecule has 1 aromatic rings. The molecule has 2 heterocycles. The van der Waals surface area contributed by atoms with E-state index in [-0.39, 0.29) is 17.9 Å². The summed E-state index contributed by atoms with van der Waals surface area (Å²) in [6.07, 6.45) is 6.76. The fourth-order valence-corrected chi connectivity index (χ4v) is 5.98. The van der Waals surface area contributed by atoms with Gasteiger partial charge in [-0.2, -0.15) is 5.26 Å². The molecule has 166 valence electrons. The average Bonchev–Trinajstić information content (AvgIpc) is 3.19. The third-order valence-corrected chi connectivity index (χ3v) is 8.04. The zero-order valence-electron chi connectivity index (χ0n) is 18.1. The molecule has 0 bridgehead atoms. The van der Waals surface area contributed by atoms with Crippen LogP contribution in [0.5, 0.6) is 5.75 Å². The van der Waals surface area contributed by atoms with Gasteiger partial charge in [-0.1, -0.05) is 0 Å². The van der Waals surface area contributed by atoms with Crippen molar-refractivity contribution in [2.45, 2.75) is 63.0 Å². The minimum Gasteiger partial charge on any atom is -0.493 e. The van der Waals surface area contributed by atoms with Gasteiger partial charge in [0.15, 0.2) is 0 Å². The molecule has 0 radical (unpaired) electrons. The molecule has 3 fully saturated rings. The zero-order chi connectivity index (χ0) is 21.4. The lowest BCUT2D eigenvalue weighted by molar-refractivity contribution is -0.132. The first kappa shape index (κ1) is 20.8. The van der Waals surface area contributed by atoms with Crippen LogP contribution in [0.15, 0.2) is 18.2 Å². The molecular weight excluding hydrogens is 390 g/mol. The third kappa shape index (κ3) is 4.44. The molecule has 0 aromatic heterocycles. The van der Waals surface area contributed by atoms with Gasteiger partial charge in [-0.25, -0.2) is 0 Å². The number of carbonyl (C=O) groups excluding carboxylic acids is 1. The Labute approximate surface area is 184 Å². The number of amides is 1. The molecule has 2 aliphatic heterocycles. The first-order valence-electron chi connectivity index (χ1n) is 12.0. The van der Waals surface area contributed by atoms with E-state index in [2.05, 4.69) is 16.3 Å². The summed E-state index contributed by atoms with van der Waals surface area (Å²) in [7, 11) is 0. The van der Waals surface area contributed by atoms with Crippen LogP contribution in [0.2, 0.25) is 0 Å². The Bertz CT molecular complexity index is 852. The van der Waals surface area contributed by atoms with E-state index in [4.69, 9.17) is 4.74 Å². The summed E-state index contributed by atoms with van der Waals surface area (Å²) < 4.78 is 5.97. The van der Waals surface area contributed by atoms with Crippen molar-refractivity contribution < 1.29 is 14.6 Å². The lowest BCUT2D eigenvalue weighted by Crippen LogP contribution is -2.46. The van der Waals surface area contributed by atoms with E-state index < -0.39 is 0 Å². The van der Waals surface area contributed by atoms with Crippen LogP contribution in [0, 0.1) is 29.1 Å². The molecule has 31 heavy (non-hydrogen) atoms. The number of nitrogens with zero attached hydrogens (tertiary/aromatic N) is 2. The number of aliphatic hydroxyl groups is 1. The van der Waals surface area contributed by atoms with Gasteiger partial charge in [-0.05, 0) is 75.6 Å². The fraction of sp³-hybridized carbons (Fsp3) is 0.680. The third-order valence-electron chi connectivity index (χ3n) is 8.04. The molecule has 0 spiro atoms. The Balaban J connectivity index is 1.07. The molecule has 5 rings (SSSR count). The second kappa shape index (κ2) is 8.80. The van der Waals surface area contributed by atoms with Crippen molar-refractivity contribution in [2.24, 2.45) is 17.8 Å². The highest BCUT2D eigenvalue weighted by Gasteiger charge is 2.39. The summed E-state index contributed by atoms with van der Waals surface area (Å²) in [5.41, 5.74) is 1.94. The minimum atomic E-state index is -0.269. The first-order chi connectivity index (χ1) is 15.1. The molecule has 2 N–H and O–H groups in total. The van der Waals surface area contributed by atoms with E-state index in [0.29, 0.717) is 30.7 Å². The topological polar surface area (TPSA) is 85.6 Å². The number of nitrogens with one attached hydrogen (secondary N) is 1. The monoisotopic (exact) mass is 423 g/mol. The van der Waals surface area contributed by atoms with Crippen LogP contribution >= 0.6 is 0 Å². The van der Waals surface area contributed by atoms with Crippen LogP contribution in [0.4, 0.5) is 0 Å². The summed E-state index contributed by atoms with van der Waals surface area (Å²) in [6.45, 7) is 4.05. The number of likely N-dealkylation sites (tertiary alicyclic amines) is 1. The van der Waals surface area contributed by atoms with E-state index in [0.717, 1.165) is 56.3 Å². The maximum absolute atomic E-state index is 12.2. The first-order valence-corrected chi connectivity index (χ1v) is 12.0. The molecule has 1 saturated heterocycles. The predicted octanol–water partition coefficient (Wildman–Crippen LogP) is 2.80. The van der Waals surface area contributed by atoms with Crippen molar-refractivity contribution in [1.29, 1.82) is 5.26 Å². The number of hydrogen-bond donors (Lipinski definition) is 2. The highest BCUT2D eigenvalue weighted by atomic mass is 16.5. The maximum Gasteiger partial charge on any atom is 0.223 e. The smallest absolute Gasteiger partial charge is 0.223 e. The van der Waals surface area contributed by atoms with Gasteiger partial charge < -0.3 is 20.1 Å². The summed E-state index contributed by atoms with van der Waals surface area (Å²) in [5, 5.41) is 21.9. The van der Waals surface area contributed by atoms with E-state index in [1.807, 2.05) is 18.2 Å². The summed E-state index contributed by atoms with van der Waals surface area (Å²) in [4.78, 5) is 14.8. The molecular formula is C25H33N3O3. The molecule has 4 aliphatic rings. The molecule has 6 nitrogen and oxygen atoms in total. The lowest BCUT2D eigenvalue weighted by Gasteiger charge is -2.34. The predicted molar refractivity (Wildman–Crippen MR) is 117 cm³/mol. The van der Waals surface area contributed by atoms with Gasteiger partial charge in [-0.3, -0.25) is 4.79 Å². The summed E-state index contributed by atoms with van der Waals surface area (Å²) in [5.74, 6) is 2.89. The lowest BCUT2D eigenvalue weighted by atomic mass is 9.80. The zero-order valence-corrected chi connectivity index (χ0v) is 18.1. The number of hydrogen-bond acceptors (Lipinski definition) is 5. The van der Waals surface area contributed by atoms with Gasteiger partial charge in [-0.15, -0.1) is 0 Å². The molecule has 2 saturated carbocycles. The van der Waals surface area contributed by atoms with E-state index in [1.165, 1.54) is 24.8 Å². The Morgan fingerprint density at radius 3 is 2.77 bits per heavy atom. The van der Waals surface area contributed by atoms with Gasteiger partial charge in [0.05, 0.1) is 24.3 Å². The molecule has 6 heteroatoms. The Morgan fingerprint density at radius 2 is 2.03 bits per heavy atom. The van der Waals surface area contributed by atoms with Crippen LogP contribution < -0.4 is 10.1 Å². The largest absolute Gasteiger partial charge is 0.493 e. The van der Waals surface area contributed by atoms with Crippen LogP contribution in [0.3, 0.4) is 0 Å². The van der Waals surface area contributed by atoms with Gasteiger partial charge in [0.25, 0.3) is 0 Å². The number of fused-ring (bicyclic) bond motifs is 3. The van der Waals surface area contributed by atoms with Crippen molar-refractivity contribution in [3.8, 4) is 11.8 Å². The number of rotatable bonds is 5. The van der Waals surface area contributed by atoms with Crippen LogP contribution in [-0.2, 0) is 4.79 Å². The van der Waals surface area contributed by atoms with Crippen molar-refractivity contribution in [2.75, 3.05) is 26.2 Å². The number of aliphatic hydroxyl groups excluding tert-OH is 1. The summed E-state index contributed by atoms with van der Waals surface area (Å²) >= 11 is 0. The number of benzene rings is 1. The number of nitriles is 1. The normalized spacial score (nSPS) is 34.6. The summed E-state index contributed by atoms with van der Waals surface area (Å²) in [6, 6.07) is 8.40. The number of carbonyl (C=O) groups is 1. The Kier molecular flexibility index (Phi) is 5.90. The standard InChI is InChI=1S/C25H33N3O3/c26-12-17-3-6-24-22(9-17)23-14-28(13-19(23)15-31-24)8-7-16-1-4-20(5-2-16)27-25(30)18-10-21(29)11-18/h3,6,9,16,18-21,23,29H,1-2,4-5,7-8,10-11,13-15H2,(H,27,30)/t16-,18-,19-,20-,21+,23+/m0/s1. The molecule has 0 unspecified atom stereocenters. The second-order valence-corrected chi connectivity index (χ2v) is 10.1. The second-order valence-electron chi connectivity index (χ2n) is 10.1. The highest BCUT2D eigenvalue weighted by Crippen LogP contribution is 2.42. The fourth-order valence-electron chi connectivity index (χ4n) is 5.98. The molecule has 1 aromatic carbocycles. The van der Waals surface area contributed by atoms with Gasteiger partial charge >= 0.3 is 0 Å². The average molecular weight is 424 g/mol. The quantitative estimate of drug-likeness (QED) is 0.761. The van der Waals surface area contributed by atoms with Gasteiger partial charge in [0.1, 0.15) is 5.75 Å². The van der Waals surface area contributed by atoms with Crippen molar-refractivity contribution in [3.05, 3.63) is 29.3 Å².